The number of hydrogen-bond acceptors (Lipinski definition) is 2. The van der Waals surface area contributed by atoms with Crippen molar-refractivity contribution in [3.05, 3.63) is 42.1 Å². The Morgan fingerprint density at radius 2 is 1.84 bits per heavy atom. The molecule has 2 nitrogen and oxygen atoms in total. The fourth-order valence-electron chi connectivity index (χ4n) is 3.31. The minimum Gasteiger partial charge on any atom is -0.324 e. The van der Waals surface area contributed by atoms with Crippen LogP contribution >= 0.6 is 0 Å². The van der Waals surface area contributed by atoms with Gasteiger partial charge >= 0.3 is 0 Å². The van der Waals surface area contributed by atoms with E-state index in [1.165, 1.54) is 36.6 Å². The van der Waals surface area contributed by atoms with Crippen LogP contribution < -0.4 is 5.73 Å². The van der Waals surface area contributed by atoms with Crippen LogP contribution in [0.4, 0.5) is 0 Å². The fraction of sp³-hybridized carbons (Fsp3) is 0.471. The average molecular weight is 254 g/mol. The highest BCUT2D eigenvalue weighted by Crippen LogP contribution is 2.37. The van der Waals surface area contributed by atoms with E-state index in [2.05, 4.69) is 36.2 Å². The zero-order chi connectivity index (χ0) is 13.2. The maximum Gasteiger partial charge on any atom is 0.0705 e. The van der Waals surface area contributed by atoms with Crippen LogP contribution in [0.2, 0.25) is 0 Å². The molecule has 0 amide bonds. The number of benzene rings is 1. The summed E-state index contributed by atoms with van der Waals surface area (Å²) in [6.07, 6.45) is 7.06. The minimum absolute atomic E-state index is 0.153. The van der Waals surface area contributed by atoms with E-state index in [1.807, 2.05) is 12.3 Å². The highest BCUT2D eigenvalue weighted by atomic mass is 14.7. The Morgan fingerprint density at radius 1 is 1.11 bits per heavy atom. The van der Waals surface area contributed by atoms with Gasteiger partial charge in [0.15, 0.2) is 0 Å². The molecule has 2 N–H and O–H groups in total. The summed E-state index contributed by atoms with van der Waals surface area (Å²) in [5.41, 5.74) is 8.88. The molecule has 1 unspecified atom stereocenters. The van der Waals surface area contributed by atoms with Crippen molar-refractivity contribution in [2.75, 3.05) is 0 Å². The van der Waals surface area contributed by atoms with Crippen LogP contribution in [0.3, 0.4) is 0 Å². The quantitative estimate of drug-likeness (QED) is 0.877. The largest absolute Gasteiger partial charge is 0.324 e. The molecular formula is C17H22N2. The van der Waals surface area contributed by atoms with Crippen LogP contribution in [0.25, 0.3) is 10.9 Å². The normalized spacial score (nSPS) is 25.4. The molecule has 1 fully saturated rings. The van der Waals surface area contributed by atoms with Gasteiger partial charge in [0.25, 0.3) is 0 Å². The molecule has 1 aliphatic rings. The molecule has 1 heterocycles. The van der Waals surface area contributed by atoms with Crippen molar-refractivity contribution in [3.63, 3.8) is 0 Å². The van der Waals surface area contributed by atoms with Crippen LogP contribution in [0.1, 0.15) is 44.2 Å². The van der Waals surface area contributed by atoms with E-state index in [4.69, 9.17) is 5.73 Å². The van der Waals surface area contributed by atoms with E-state index in [9.17, 15) is 0 Å². The second-order valence-electron chi connectivity index (χ2n) is 5.96. The fourth-order valence-corrected chi connectivity index (χ4v) is 3.31. The van der Waals surface area contributed by atoms with Crippen LogP contribution in [0.5, 0.6) is 0 Å². The number of aromatic nitrogens is 1. The van der Waals surface area contributed by atoms with Crippen LogP contribution in [0, 0.1) is 11.8 Å². The molecule has 2 heteroatoms. The molecule has 1 atom stereocenters. The first-order valence-corrected chi connectivity index (χ1v) is 7.35. The van der Waals surface area contributed by atoms with Gasteiger partial charge in [-0.15, -0.1) is 0 Å². The Balaban J connectivity index is 1.91. The Bertz CT molecular complexity index is 551. The predicted molar refractivity (Wildman–Crippen MR) is 79.8 cm³/mol. The molecule has 0 bridgehead atoms. The maximum atomic E-state index is 6.55. The highest BCUT2D eigenvalue weighted by Gasteiger charge is 2.25. The van der Waals surface area contributed by atoms with Crippen molar-refractivity contribution < 1.29 is 0 Å². The van der Waals surface area contributed by atoms with E-state index in [1.54, 1.807) is 0 Å². The summed E-state index contributed by atoms with van der Waals surface area (Å²) in [6.45, 7) is 2.35. The second-order valence-corrected chi connectivity index (χ2v) is 5.96. The van der Waals surface area contributed by atoms with E-state index < -0.39 is 0 Å². The lowest BCUT2D eigenvalue weighted by Gasteiger charge is -2.31. The molecule has 1 aliphatic carbocycles. The van der Waals surface area contributed by atoms with Crippen molar-refractivity contribution >= 4 is 10.9 Å². The topological polar surface area (TPSA) is 38.9 Å². The second kappa shape index (κ2) is 5.30. The number of fused-ring (bicyclic) bond motifs is 1. The number of pyridine rings is 1. The number of hydrogen-bond donors (Lipinski definition) is 1. The van der Waals surface area contributed by atoms with E-state index in [0.717, 1.165) is 11.4 Å². The smallest absolute Gasteiger partial charge is 0.0705 e. The Hall–Kier alpha value is -1.41. The lowest BCUT2D eigenvalue weighted by atomic mass is 9.77. The Kier molecular flexibility index (Phi) is 3.52. The van der Waals surface area contributed by atoms with Gasteiger partial charge in [-0.2, -0.15) is 0 Å². The molecule has 1 aromatic heterocycles. The highest BCUT2D eigenvalue weighted by molar-refractivity contribution is 5.82. The van der Waals surface area contributed by atoms with Gasteiger partial charge in [-0.05, 0) is 42.4 Å². The van der Waals surface area contributed by atoms with Crippen molar-refractivity contribution in [3.8, 4) is 0 Å². The third-order valence-electron chi connectivity index (χ3n) is 4.61. The van der Waals surface area contributed by atoms with Crippen molar-refractivity contribution in [1.82, 2.24) is 4.98 Å². The third kappa shape index (κ3) is 2.50. The number of para-hydroxylation sites is 1. The summed E-state index contributed by atoms with van der Waals surface area (Å²) < 4.78 is 0. The van der Waals surface area contributed by atoms with Crippen LogP contribution in [-0.4, -0.2) is 4.98 Å². The van der Waals surface area contributed by atoms with Gasteiger partial charge < -0.3 is 5.73 Å². The summed E-state index contributed by atoms with van der Waals surface area (Å²) >= 11 is 0. The number of nitrogens with zero attached hydrogens (tertiary/aromatic N) is 1. The van der Waals surface area contributed by atoms with Gasteiger partial charge in [-0.3, -0.25) is 4.98 Å². The van der Waals surface area contributed by atoms with Crippen molar-refractivity contribution in [2.24, 2.45) is 17.6 Å². The zero-order valence-electron chi connectivity index (χ0n) is 11.5. The number of rotatable bonds is 2. The lowest BCUT2D eigenvalue weighted by Crippen LogP contribution is -2.25. The summed E-state index contributed by atoms with van der Waals surface area (Å²) in [5.74, 6) is 1.50. The van der Waals surface area contributed by atoms with Crippen LogP contribution in [-0.2, 0) is 0 Å². The summed E-state index contributed by atoms with van der Waals surface area (Å²) in [7, 11) is 0. The predicted octanol–water partition coefficient (Wildman–Crippen LogP) is 4.06. The average Bonchev–Trinajstić information content (AvgIpc) is 2.47. The van der Waals surface area contributed by atoms with Crippen molar-refractivity contribution in [1.29, 1.82) is 0 Å². The van der Waals surface area contributed by atoms with Gasteiger partial charge in [0.05, 0.1) is 5.52 Å². The Morgan fingerprint density at radius 3 is 2.63 bits per heavy atom. The van der Waals surface area contributed by atoms with E-state index >= 15 is 0 Å². The first-order chi connectivity index (χ1) is 9.25. The first kappa shape index (κ1) is 12.6. The van der Waals surface area contributed by atoms with Crippen molar-refractivity contribution in [2.45, 2.75) is 38.6 Å². The van der Waals surface area contributed by atoms with Crippen LogP contribution in [0.15, 0.2) is 36.5 Å². The van der Waals surface area contributed by atoms with E-state index in [0.29, 0.717) is 5.92 Å². The first-order valence-electron chi connectivity index (χ1n) is 7.35. The van der Waals surface area contributed by atoms with E-state index in [-0.39, 0.29) is 6.04 Å². The standard InChI is InChI=1S/C17H22N2/c1-12-6-8-13(9-7-12)17(18)15-10-11-19-16-5-3-2-4-14(15)16/h2-5,10-13,17H,6-9,18H2,1H3. The monoisotopic (exact) mass is 254 g/mol. The molecule has 1 saturated carbocycles. The molecule has 0 radical (unpaired) electrons. The Labute approximate surface area is 115 Å². The van der Waals surface area contributed by atoms with Gasteiger partial charge in [0.2, 0.25) is 0 Å². The molecule has 100 valence electrons. The van der Waals surface area contributed by atoms with Gasteiger partial charge in [-0.1, -0.05) is 38.0 Å². The molecular weight excluding hydrogens is 232 g/mol. The van der Waals surface area contributed by atoms with Gasteiger partial charge in [-0.25, -0.2) is 0 Å². The molecule has 19 heavy (non-hydrogen) atoms. The van der Waals surface area contributed by atoms with Gasteiger partial charge in [0, 0.05) is 17.6 Å². The summed E-state index contributed by atoms with van der Waals surface area (Å²) in [4.78, 5) is 4.43. The lowest BCUT2D eigenvalue weighted by molar-refractivity contribution is 0.257. The molecule has 0 aliphatic heterocycles. The SMILES string of the molecule is CC1CCC(C(N)c2ccnc3ccccc23)CC1. The van der Waals surface area contributed by atoms with Gasteiger partial charge in [0.1, 0.15) is 0 Å². The molecule has 0 spiro atoms. The number of nitrogens with two attached hydrogens (primary N) is 1. The zero-order valence-corrected chi connectivity index (χ0v) is 11.5. The molecule has 3 rings (SSSR count). The minimum atomic E-state index is 0.153. The molecule has 2 aromatic rings. The molecule has 1 aromatic carbocycles. The summed E-state index contributed by atoms with van der Waals surface area (Å²) in [5, 5.41) is 1.22. The summed E-state index contributed by atoms with van der Waals surface area (Å²) in [6, 6.07) is 10.6. The maximum absolute atomic E-state index is 6.55. The third-order valence-corrected chi connectivity index (χ3v) is 4.61. The molecule has 0 saturated heterocycles.